The van der Waals surface area contributed by atoms with Crippen molar-refractivity contribution in [3.8, 4) is 80.1 Å². The van der Waals surface area contributed by atoms with E-state index in [0.29, 0.717) is 118 Å². The van der Waals surface area contributed by atoms with Gasteiger partial charge in [-0.2, -0.15) is 17.2 Å². The molecule has 4 aromatic carbocycles. The van der Waals surface area contributed by atoms with E-state index in [1.54, 1.807) is 33.7 Å². The fourth-order valence-electron chi connectivity index (χ4n) is 14.8. The Hall–Kier alpha value is -12.6. The molecule has 48 nitrogen and oxygen atoms in total. The number of hydrogen-bond donors (Lipinski definition) is 18. The van der Waals surface area contributed by atoms with Gasteiger partial charge in [-0.15, -0.1) is 0 Å². The molecule has 0 saturated carbocycles. The molecule has 716 valence electrons. The topological polar surface area (TPSA) is 743 Å². The van der Waals surface area contributed by atoms with Crippen molar-refractivity contribution in [2.45, 2.75) is 102 Å². The number of amides is 4. The maximum absolute atomic E-state index is 13.3. The van der Waals surface area contributed by atoms with Crippen LogP contribution in [-0.4, -0.2) is 176 Å². The number of nitrogens with one attached hydrogen (secondary N) is 4. The number of carboxylic acid groups (broad SMARTS) is 2. The van der Waals surface area contributed by atoms with Crippen molar-refractivity contribution in [1.29, 1.82) is 0 Å². The molecule has 2 saturated heterocycles. The Morgan fingerprint density at radius 1 is 0.456 bits per heavy atom. The molecule has 4 unspecified atom stereocenters. The van der Waals surface area contributed by atoms with E-state index in [2.05, 4.69) is 82.1 Å². The van der Waals surface area contributed by atoms with E-state index in [4.69, 9.17) is 58.4 Å². The van der Waals surface area contributed by atoms with Crippen LogP contribution in [0.15, 0.2) is 153 Å². The third-order valence-corrected chi connectivity index (χ3v) is 28.2. The smallest absolute Gasteiger partial charge is 0.490 e. The summed E-state index contributed by atoms with van der Waals surface area (Å²) in [6, 6.07) is 25.4. The van der Waals surface area contributed by atoms with E-state index in [9.17, 15) is 106 Å². The SMILES string of the molecule is Nc1ncnc2c1c(C#CCNC(=O)CCCCCNC(=O)c1ccc(-c3c4ccc(=O)cc-4oc4cc(O)ccc34)c(C(=O)O)c1)cn2[C@H]1CC[C@@H](COP(=O)(O)OP(=O)(O)OP(=O)(O)O)O1.Nc1ncnc2c1c(C#CCNC(=O)CCCCCNC(=O)c1ccc(C(=O)O)c(-c3c4ccc(=O)cc-4oc4cc(O)ccc34)c1)cn2[C@H]1CC[C@@H](COP(=O)(O)OP(=O)(O)OP(=O)(O)O)O1. The van der Waals surface area contributed by atoms with Crippen LogP contribution in [0.5, 0.6) is 11.5 Å². The molecular weight excluding hydrogens is 1910 g/mol. The summed E-state index contributed by atoms with van der Waals surface area (Å²) in [5, 5.41) is 53.3. The van der Waals surface area contributed by atoms with Gasteiger partial charge in [0.2, 0.25) is 11.8 Å². The number of unbranched alkanes of at least 4 members (excludes halogenated alkanes) is 4. The summed E-state index contributed by atoms with van der Waals surface area (Å²) in [5.74, 6) is 7.97. The van der Waals surface area contributed by atoms with E-state index in [0.717, 1.165) is 0 Å². The molecular formula is C82H82N12O36P6. The van der Waals surface area contributed by atoms with Crippen molar-refractivity contribution in [1.82, 2.24) is 50.3 Å². The van der Waals surface area contributed by atoms with Crippen LogP contribution in [0.2, 0.25) is 0 Å². The summed E-state index contributed by atoms with van der Waals surface area (Å²) >= 11 is 0. The Balaban J connectivity index is 0.000000230. The van der Waals surface area contributed by atoms with Crippen molar-refractivity contribution in [2.24, 2.45) is 0 Å². The number of nitrogens with zero attached hydrogens (tertiary/aromatic N) is 6. The third kappa shape index (κ3) is 26.1. The number of aromatic carboxylic acids is 2. The Bertz CT molecular complexity index is 7200. The Kier molecular flexibility index (Phi) is 31.7. The number of phosphoric ester groups is 2. The van der Waals surface area contributed by atoms with Gasteiger partial charge in [0, 0.05) is 107 Å². The number of phenolic OH excluding ortho intramolecular Hbond substituents is 2. The zero-order valence-corrected chi connectivity index (χ0v) is 75.8. The van der Waals surface area contributed by atoms with E-state index >= 15 is 0 Å². The highest BCUT2D eigenvalue weighted by Gasteiger charge is 2.44. The number of ether oxygens (including phenoxy) is 2. The molecule has 0 radical (unpaired) electrons. The van der Waals surface area contributed by atoms with Gasteiger partial charge in [-0.3, -0.25) is 37.8 Å². The summed E-state index contributed by atoms with van der Waals surface area (Å²) in [6.07, 6.45) is 7.29. The number of nitrogens with two attached hydrogens (primary N) is 2. The molecule has 8 heterocycles. The average molecular weight is 2000 g/mol. The number of benzene rings is 6. The number of rotatable bonds is 36. The summed E-state index contributed by atoms with van der Waals surface area (Å²) in [6.45, 7) is -0.783. The van der Waals surface area contributed by atoms with Crippen molar-refractivity contribution in [2.75, 3.05) is 50.9 Å². The van der Waals surface area contributed by atoms with Crippen LogP contribution in [0.25, 0.3) is 88.9 Å². The number of anilines is 2. The number of carboxylic acids is 2. The maximum atomic E-state index is 13.3. The number of carbonyl (C=O) groups excluding carboxylic acids is 4. The van der Waals surface area contributed by atoms with Crippen molar-refractivity contribution in [3.05, 3.63) is 188 Å². The molecule has 2 aliphatic carbocycles. The van der Waals surface area contributed by atoms with Gasteiger partial charge in [-0.1, -0.05) is 42.6 Å². The minimum Gasteiger partial charge on any atom is -0.508 e. The molecule has 6 aliphatic rings. The zero-order chi connectivity index (χ0) is 97.9. The number of phenols is 2. The van der Waals surface area contributed by atoms with Gasteiger partial charge >= 0.3 is 58.9 Å². The highest BCUT2D eigenvalue weighted by molar-refractivity contribution is 7.67. The predicted molar refractivity (Wildman–Crippen MR) is 478 cm³/mol. The van der Waals surface area contributed by atoms with Gasteiger partial charge in [0.15, 0.2) is 10.9 Å². The number of phosphoric acid groups is 6. The number of fused-ring (bicyclic) bond motifs is 6. The van der Waals surface area contributed by atoms with Gasteiger partial charge in [0.05, 0.1) is 71.5 Å². The fraction of sp³-hybridized carbons (Fsp3) is 0.268. The zero-order valence-electron chi connectivity index (χ0n) is 70.4. The second-order valence-corrected chi connectivity index (χ2v) is 39.1. The summed E-state index contributed by atoms with van der Waals surface area (Å²) in [4.78, 5) is 191. The monoisotopic (exact) mass is 2000 g/mol. The third-order valence-electron chi connectivity index (χ3n) is 20.6. The second-order valence-electron chi connectivity index (χ2n) is 30.2. The first-order valence-electron chi connectivity index (χ1n) is 40.7. The number of aromatic hydroxyl groups is 2. The van der Waals surface area contributed by atoms with Gasteiger partial charge in [0.1, 0.15) is 82.2 Å². The van der Waals surface area contributed by atoms with Gasteiger partial charge in [-0.25, -0.2) is 56.9 Å². The molecule has 8 atom stereocenters. The number of aromatic nitrogens is 6. The minimum absolute atomic E-state index is 0.0219. The van der Waals surface area contributed by atoms with Crippen molar-refractivity contribution >= 4 is 138 Å². The van der Waals surface area contributed by atoms with Crippen LogP contribution in [0, 0.1) is 23.7 Å². The molecule has 4 aliphatic heterocycles. The lowest BCUT2D eigenvalue weighted by Gasteiger charge is -2.19. The lowest BCUT2D eigenvalue weighted by Crippen LogP contribution is -2.25. The molecule has 0 bridgehead atoms. The first-order valence-corrected chi connectivity index (χ1v) is 49.7. The molecule has 4 amide bonds. The van der Waals surface area contributed by atoms with E-state index < -0.39 is 109 Å². The number of carbonyl (C=O) groups is 6. The van der Waals surface area contributed by atoms with E-state index in [1.165, 1.54) is 110 Å². The second kappa shape index (κ2) is 42.7. The van der Waals surface area contributed by atoms with Crippen LogP contribution in [-0.2, 0) is 72.7 Å². The highest BCUT2D eigenvalue weighted by atomic mass is 31.3. The van der Waals surface area contributed by atoms with Gasteiger partial charge < -0.3 is 120 Å². The Morgan fingerprint density at radius 2 is 0.875 bits per heavy atom. The minimum atomic E-state index is -5.69. The van der Waals surface area contributed by atoms with Crippen LogP contribution in [0.1, 0.15) is 142 Å². The van der Waals surface area contributed by atoms with E-state index in [1.807, 2.05) is 0 Å². The highest BCUT2D eigenvalue weighted by Crippen LogP contribution is 2.68. The first-order chi connectivity index (χ1) is 64.3. The van der Waals surface area contributed by atoms with E-state index in [-0.39, 0.29) is 154 Å². The molecule has 136 heavy (non-hydrogen) atoms. The molecule has 8 aromatic rings. The molecule has 14 rings (SSSR count). The summed E-state index contributed by atoms with van der Waals surface area (Å²) in [7, 11) is -33.2. The largest absolute Gasteiger partial charge is 0.508 e. The predicted octanol–water partition coefficient (Wildman–Crippen LogP) is 9.55. The summed E-state index contributed by atoms with van der Waals surface area (Å²) < 4.78 is 120. The lowest BCUT2D eigenvalue weighted by molar-refractivity contribution is -0.121. The van der Waals surface area contributed by atoms with Crippen molar-refractivity contribution < 1.29 is 160 Å². The van der Waals surface area contributed by atoms with Gasteiger partial charge in [-0.05, 0) is 141 Å². The Morgan fingerprint density at radius 3 is 1.31 bits per heavy atom. The Labute approximate surface area is 765 Å². The normalized spacial score (nSPS) is 16.8. The molecule has 4 aromatic heterocycles. The molecule has 2 fully saturated rings. The average Bonchev–Trinajstić information content (AvgIpc) is 1.31. The quantitative estimate of drug-likeness (QED) is 0.00751. The standard InChI is InChI=1S/2C41H41N6O18P3/c42-38-36-24(20-47(39(36)46-22-45-38)35-14-10-27(62-35)21-61-67(57,58)65-68(59,60)64-66(54,55)56)5-4-16-43-34(50)6-2-1-3-15-44-40(51)23-7-11-28(41(52)53)31(17-23)37-29-12-8-25(48)18-32(29)63-33-19-26(49)9-13-30(33)37;42-38-36-24(20-47(39(36)46-22-45-38)35-14-10-27(62-35)21-61-67(57,58)65-68(59,60)64-66(54,55)56)5-4-16-43-34(50)6-2-1-3-15-44-40(51)23-7-11-28(31(17-23)41(52)53)37-29-12-8-25(48)18-32(29)63-33-19-26(49)9-13-30(33)37/h2*7-9,11-13,17-20,22,27,35,48H,1-3,6,10,14-16,21H2,(H,43,50)(H,44,51)(H,52,53)(H,57,58)(H,59,60)(H2,42,45,46)(H2,54,55,56)/t2*27-,35+/m00/s1. The molecule has 0 spiro atoms. The number of nitrogen functional groups attached to an aromatic ring is 2. The van der Waals surface area contributed by atoms with Gasteiger partial charge in [0.25, 0.3) is 11.8 Å². The molecule has 20 N–H and O–H groups in total. The van der Waals surface area contributed by atoms with Crippen LogP contribution < -0.4 is 43.6 Å². The van der Waals surface area contributed by atoms with Crippen LogP contribution >= 0.6 is 46.9 Å². The van der Waals surface area contributed by atoms with Crippen molar-refractivity contribution in [3.63, 3.8) is 0 Å². The van der Waals surface area contributed by atoms with Crippen LogP contribution in [0.3, 0.4) is 0 Å². The van der Waals surface area contributed by atoms with Crippen LogP contribution in [0.4, 0.5) is 11.6 Å². The maximum Gasteiger partial charge on any atom is 0.490 e. The number of hydrogen-bond acceptors (Lipinski definition) is 32. The lowest BCUT2D eigenvalue weighted by atomic mass is 9.89. The molecule has 54 heteroatoms. The first kappa shape index (κ1) is 101. The summed E-state index contributed by atoms with van der Waals surface area (Å²) in [5.41, 5.74) is 15.8. The fourth-order valence-corrected chi connectivity index (χ4v) is 20.9.